The fraction of sp³-hybridized carbons (Fsp3) is 0.419. The molecule has 6 rings (SSSR count). The molecule has 0 saturated carbocycles. The van der Waals surface area contributed by atoms with Crippen molar-refractivity contribution >= 4 is 23.2 Å². The molecule has 1 aromatic carbocycles. The normalized spacial score (nSPS) is 17.1. The number of allylic oxidation sites excluding steroid dienone is 1. The van der Waals surface area contributed by atoms with Crippen molar-refractivity contribution in [2.45, 2.75) is 58.5 Å². The average molecular weight is 538 g/mol. The van der Waals surface area contributed by atoms with Crippen LogP contribution in [0.5, 0.6) is 0 Å². The molecule has 9 heteroatoms. The van der Waals surface area contributed by atoms with Gasteiger partial charge < -0.3 is 19.9 Å². The van der Waals surface area contributed by atoms with Gasteiger partial charge >= 0.3 is 0 Å². The van der Waals surface area contributed by atoms with Crippen LogP contribution < -0.4 is 10.2 Å². The molecule has 1 N–H and O–H groups in total. The highest BCUT2D eigenvalue weighted by Crippen LogP contribution is 2.41. The van der Waals surface area contributed by atoms with Crippen LogP contribution in [-0.4, -0.2) is 51.9 Å². The number of nitriles is 1. The molecule has 9 nitrogen and oxygen atoms in total. The first-order chi connectivity index (χ1) is 19.4. The van der Waals surface area contributed by atoms with Gasteiger partial charge in [-0.2, -0.15) is 10.4 Å². The molecule has 2 aromatic heterocycles. The van der Waals surface area contributed by atoms with Crippen LogP contribution in [0.25, 0.3) is 11.1 Å². The highest BCUT2D eigenvalue weighted by atomic mass is 16.5. The minimum absolute atomic E-state index is 0.0870. The first-order valence-electron chi connectivity index (χ1n) is 14.1. The molecule has 3 aromatic rings. The predicted molar refractivity (Wildman–Crippen MR) is 154 cm³/mol. The smallest absolute Gasteiger partial charge is 0.219 e. The van der Waals surface area contributed by atoms with Crippen LogP contribution in [0.15, 0.2) is 42.7 Å². The van der Waals surface area contributed by atoms with Gasteiger partial charge in [-0.1, -0.05) is 6.58 Å². The minimum atomic E-state index is 0.0870. The Balaban J connectivity index is 1.41. The van der Waals surface area contributed by atoms with Gasteiger partial charge in [0, 0.05) is 79.6 Å². The molecular formula is C31H35N7O2. The van der Waals surface area contributed by atoms with Gasteiger partial charge in [-0.05, 0) is 62.4 Å². The molecule has 0 radical (unpaired) electrons. The second-order valence-electron chi connectivity index (χ2n) is 11.0. The van der Waals surface area contributed by atoms with Crippen molar-refractivity contribution in [3.63, 3.8) is 0 Å². The average Bonchev–Trinajstić information content (AvgIpc) is 3.35. The van der Waals surface area contributed by atoms with Crippen molar-refractivity contribution in [1.29, 1.82) is 5.26 Å². The van der Waals surface area contributed by atoms with E-state index in [-0.39, 0.29) is 5.91 Å². The Morgan fingerprint density at radius 3 is 2.70 bits per heavy atom. The summed E-state index contributed by atoms with van der Waals surface area (Å²) < 4.78 is 7.86. The lowest BCUT2D eigenvalue weighted by molar-refractivity contribution is -0.129. The SMILES string of the molecule is C=C(C)Nc1ccc(-c2cc3c(cc2C#N)N(c2nn(C4CCOCC4)c4c2CN(C(C)=O)CC4)CCC3)cn1. The van der Waals surface area contributed by atoms with Crippen LogP contribution in [0.1, 0.15) is 61.5 Å². The number of anilines is 3. The zero-order valence-corrected chi connectivity index (χ0v) is 23.2. The molecule has 3 aliphatic rings. The number of pyridine rings is 1. The Labute approximate surface area is 235 Å². The van der Waals surface area contributed by atoms with Crippen LogP contribution in [0, 0.1) is 11.3 Å². The van der Waals surface area contributed by atoms with Crippen LogP contribution in [0.3, 0.4) is 0 Å². The second kappa shape index (κ2) is 10.8. The maximum atomic E-state index is 12.4. The third kappa shape index (κ3) is 4.84. The Bertz CT molecular complexity index is 1500. The van der Waals surface area contributed by atoms with E-state index < -0.39 is 0 Å². The van der Waals surface area contributed by atoms with Crippen LogP contribution in [-0.2, 0) is 28.9 Å². The summed E-state index contributed by atoms with van der Waals surface area (Å²) in [5, 5.41) is 18.6. The van der Waals surface area contributed by atoms with Gasteiger partial charge in [-0.3, -0.25) is 9.48 Å². The van der Waals surface area contributed by atoms with E-state index in [1.807, 2.05) is 30.0 Å². The summed E-state index contributed by atoms with van der Waals surface area (Å²) in [6.45, 7) is 11.0. The predicted octanol–water partition coefficient (Wildman–Crippen LogP) is 5.10. The molecule has 0 aliphatic carbocycles. The molecule has 1 saturated heterocycles. The number of hydrogen-bond acceptors (Lipinski definition) is 7. The van der Waals surface area contributed by atoms with E-state index in [9.17, 15) is 10.1 Å². The molecule has 1 amide bonds. The zero-order valence-electron chi connectivity index (χ0n) is 23.2. The van der Waals surface area contributed by atoms with Gasteiger partial charge in [0.1, 0.15) is 5.82 Å². The van der Waals surface area contributed by atoms with E-state index in [0.29, 0.717) is 24.7 Å². The summed E-state index contributed by atoms with van der Waals surface area (Å²) in [7, 11) is 0. The van der Waals surface area contributed by atoms with Crippen molar-refractivity contribution in [3.8, 4) is 17.2 Å². The molecule has 3 aliphatic heterocycles. The lowest BCUT2D eigenvalue weighted by Gasteiger charge is -2.33. The topological polar surface area (TPSA) is 99.3 Å². The molecule has 206 valence electrons. The summed E-state index contributed by atoms with van der Waals surface area (Å²) in [5.74, 6) is 1.73. The van der Waals surface area contributed by atoms with Crippen molar-refractivity contribution in [2.75, 3.05) is 36.5 Å². The number of fused-ring (bicyclic) bond motifs is 2. The van der Waals surface area contributed by atoms with Gasteiger partial charge in [-0.25, -0.2) is 4.98 Å². The summed E-state index contributed by atoms with van der Waals surface area (Å²) in [6, 6.07) is 10.8. The zero-order chi connectivity index (χ0) is 27.8. The van der Waals surface area contributed by atoms with Gasteiger partial charge in [-0.15, -0.1) is 0 Å². The highest BCUT2D eigenvalue weighted by Gasteiger charge is 2.33. The Kier molecular flexibility index (Phi) is 7.03. The molecule has 5 heterocycles. The van der Waals surface area contributed by atoms with Crippen LogP contribution >= 0.6 is 0 Å². The first kappa shape index (κ1) is 26.1. The van der Waals surface area contributed by atoms with E-state index in [1.54, 1.807) is 13.1 Å². The van der Waals surface area contributed by atoms with Gasteiger partial charge in [0.2, 0.25) is 5.91 Å². The number of nitrogens with zero attached hydrogens (tertiary/aromatic N) is 6. The lowest BCUT2D eigenvalue weighted by atomic mass is 9.92. The summed E-state index contributed by atoms with van der Waals surface area (Å²) in [4.78, 5) is 21.1. The third-order valence-corrected chi connectivity index (χ3v) is 8.18. The van der Waals surface area contributed by atoms with E-state index in [4.69, 9.17) is 9.84 Å². The number of carbonyl (C=O) groups excluding carboxylic acids is 1. The summed E-state index contributed by atoms with van der Waals surface area (Å²) in [6.07, 6.45) is 6.39. The maximum Gasteiger partial charge on any atom is 0.219 e. The van der Waals surface area contributed by atoms with Crippen LogP contribution in [0.2, 0.25) is 0 Å². The number of amides is 1. The number of aryl methyl sites for hydroxylation is 1. The lowest BCUT2D eigenvalue weighted by Crippen LogP contribution is -2.36. The maximum absolute atomic E-state index is 12.4. The number of aromatic nitrogens is 3. The molecule has 0 spiro atoms. The van der Waals surface area contributed by atoms with Crippen molar-refractivity contribution < 1.29 is 9.53 Å². The quantitative estimate of drug-likeness (QED) is 0.483. The van der Waals surface area contributed by atoms with E-state index in [2.05, 4.69) is 38.6 Å². The van der Waals surface area contributed by atoms with Gasteiger partial charge in [0.15, 0.2) is 5.82 Å². The first-order valence-corrected chi connectivity index (χ1v) is 14.1. The number of ether oxygens (including phenoxy) is 1. The Morgan fingerprint density at radius 2 is 2.00 bits per heavy atom. The minimum Gasteiger partial charge on any atom is -0.381 e. The largest absolute Gasteiger partial charge is 0.381 e. The third-order valence-electron chi connectivity index (χ3n) is 8.18. The fourth-order valence-electron chi connectivity index (χ4n) is 6.18. The molecule has 0 atom stereocenters. The fourth-order valence-corrected chi connectivity index (χ4v) is 6.18. The number of rotatable bonds is 5. The number of hydrogen-bond donors (Lipinski definition) is 1. The Morgan fingerprint density at radius 1 is 1.18 bits per heavy atom. The van der Waals surface area contributed by atoms with Crippen molar-refractivity contribution in [3.05, 3.63) is 65.1 Å². The summed E-state index contributed by atoms with van der Waals surface area (Å²) in [5.41, 5.74) is 7.80. The molecular weight excluding hydrogens is 502 g/mol. The molecule has 40 heavy (non-hydrogen) atoms. The number of nitrogens with one attached hydrogen (secondary N) is 1. The van der Waals surface area contributed by atoms with Gasteiger partial charge in [0.25, 0.3) is 0 Å². The molecule has 0 bridgehead atoms. The molecule has 1 fully saturated rings. The standard InChI is InChI=1S/C31H35N7O2/c1-20(2)34-30-7-6-23(18-33-30)26-15-22-5-4-11-37(29(22)16-24(26)17-32)31-27-19-36(21(3)39)12-8-28(27)38(35-31)25-9-13-40-14-10-25/h6-7,15-16,18,25H,1,4-5,8-14,19H2,2-3H3,(H,33,34). The summed E-state index contributed by atoms with van der Waals surface area (Å²) >= 11 is 0. The van der Waals surface area contributed by atoms with Crippen molar-refractivity contribution in [2.24, 2.45) is 0 Å². The number of benzene rings is 1. The number of carbonyl (C=O) groups is 1. The van der Waals surface area contributed by atoms with E-state index >= 15 is 0 Å². The Hall–Kier alpha value is -4.16. The second-order valence-corrected chi connectivity index (χ2v) is 11.0. The highest BCUT2D eigenvalue weighted by molar-refractivity contribution is 5.79. The van der Waals surface area contributed by atoms with E-state index in [1.165, 1.54) is 11.3 Å². The van der Waals surface area contributed by atoms with Crippen molar-refractivity contribution in [1.82, 2.24) is 19.7 Å². The molecule has 0 unspecified atom stereocenters. The van der Waals surface area contributed by atoms with Gasteiger partial charge in [0.05, 0.1) is 24.2 Å². The monoisotopic (exact) mass is 537 g/mol. The van der Waals surface area contributed by atoms with Crippen LogP contribution in [0.4, 0.5) is 17.3 Å². The van der Waals surface area contributed by atoms with E-state index in [0.717, 1.165) is 91.6 Å².